The Bertz CT molecular complexity index is 665. The van der Waals surface area contributed by atoms with Crippen LogP contribution in [0.3, 0.4) is 0 Å². The molecule has 0 spiro atoms. The van der Waals surface area contributed by atoms with Crippen LogP contribution in [-0.2, 0) is 23.0 Å². The highest BCUT2D eigenvalue weighted by molar-refractivity contribution is 7.89. The fourth-order valence-electron chi connectivity index (χ4n) is 2.29. The van der Waals surface area contributed by atoms with Crippen LogP contribution in [0, 0.1) is 0 Å². The van der Waals surface area contributed by atoms with E-state index < -0.39 is 10.0 Å². The molecule has 6 heteroatoms. The van der Waals surface area contributed by atoms with E-state index in [1.807, 2.05) is 35.7 Å². The fraction of sp³-hybridized carbons (Fsp3) is 0.400. The highest BCUT2D eigenvalue weighted by Crippen LogP contribution is 2.31. The summed E-state index contributed by atoms with van der Waals surface area (Å²) >= 11 is 1.51. The van der Waals surface area contributed by atoms with Crippen molar-refractivity contribution < 1.29 is 8.42 Å². The molecule has 1 aromatic heterocycles. The molecule has 4 nitrogen and oxygen atoms in total. The zero-order chi connectivity index (χ0) is 14.7. The van der Waals surface area contributed by atoms with Gasteiger partial charge in [-0.3, -0.25) is 0 Å². The highest BCUT2D eigenvalue weighted by atomic mass is 32.2. The second-order valence-electron chi connectivity index (χ2n) is 5.25. The summed E-state index contributed by atoms with van der Waals surface area (Å²) in [6.07, 6.45) is 4.22. The molecule has 0 N–H and O–H groups in total. The van der Waals surface area contributed by atoms with Crippen LogP contribution < -0.4 is 0 Å². The average molecular weight is 322 g/mol. The van der Waals surface area contributed by atoms with Gasteiger partial charge in [0.1, 0.15) is 5.01 Å². The third kappa shape index (κ3) is 3.90. The molecule has 0 unspecified atom stereocenters. The Balaban J connectivity index is 1.68. The molecule has 1 heterocycles. The molecule has 3 rings (SSSR count). The lowest BCUT2D eigenvalue weighted by Gasteiger charge is -2.20. The zero-order valence-corrected chi connectivity index (χ0v) is 13.3. The predicted molar refractivity (Wildman–Crippen MR) is 84.6 cm³/mol. The van der Waals surface area contributed by atoms with Gasteiger partial charge in [-0.2, -0.15) is 4.31 Å². The number of rotatable bonds is 7. The van der Waals surface area contributed by atoms with Crippen molar-refractivity contribution in [3.63, 3.8) is 0 Å². The van der Waals surface area contributed by atoms with Crippen molar-refractivity contribution in [1.29, 1.82) is 0 Å². The first-order valence-electron chi connectivity index (χ1n) is 7.07. The fourth-order valence-corrected chi connectivity index (χ4v) is 4.70. The number of hydrogen-bond acceptors (Lipinski definition) is 4. The van der Waals surface area contributed by atoms with Gasteiger partial charge in [-0.1, -0.05) is 30.3 Å². The van der Waals surface area contributed by atoms with Gasteiger partial charge in [0, 0.05) is 17.6 Å². The maximum absolute atomic E-state index is 12.6. The Labute approximate surface area is 129 Å². The van der Waals surface area contributed by atoms with Gasteiger partial charge < -0.3 is 0 Å². The number of sulfonamides is 1. The zero-order valence-electron chi connectivity index (χ0n) is 11.7. The third-order valence-electron chi connectivity index (χ3n) is 3.58. The summed E-state index contributed by atoms with van der Waals surface area (Å²) in [5.41, 5.74) is 1.06. The van der Waals surface area contributed by atoms with Gasteiger partial charge in [0.25, 0.3) is 0 Å². The molecule has 0 saturated heterocycles. The molecule has 0 atom stereocenters. The van der Waals surface area contributed by atoms with Crippen LogP contribution in [0.2, 0.25) is 0 Å². The van der Waals surface area contributed by atoms with E-state index in [4.69, 9.17) is 0 Å². The van der Waals surface area contributed by atoms with Gasteiger partial charge in [0.15, 0.2) is 0 Å². The Kier molecular flexibility index (Phi) is 4.37. The van der Waals surface area contributed by atoms with Gasteiger partial charge in [-0.05, 0) is 24.8 Å². The van der Waals surface area contributed by atoms with E-state index in [0.29, 0.717) is 13.0 Å². The van der Waals surface area contributed by atoms with E-state index in [1.165, 1.54) is 11.3 Å². The Morgan fingerprint density at radius 1 is 1.24 bits per heavy atom. The van der Waals surface area contributed by atoms with Gasteiger partial charge >= 0.3 is 0 Å². The van der Waals surface area contributed by atoms with Crippen LogP contribution in [0.4, 0.5) is 0 Å². The Morgan fingerprint density at radius 3 is 2.62 bits per heavy atom. The molecule has 21 heavy (non-hydrogen) atoms. The van der Waals surface area contributed by atoms with E-state index in [1.54, 1.807) is 10.5 Å². The summed E-state index contributed by atoms with van der Waals surface area (Å²) in [5.74, 6) is 0.166. The van der Waals surface area contributed by atoms with Crippen molar-refractivity contribution >= 4 is 21.4 Å². The summed E-state index contributed by atoms with van der Waals surface area (Å²) < 4.78 is 26.9. The molecule has 0 bridgehead atoms. The summed E-state index contributed by atoms with van der Waals surface area (Å²) in [7, 11) is -3.23. The van der Waals surface area contributed by atoms with Crippen LogP contribution in [0.1, 0.15) is 23.4 Å². The monoisotopic (exact) mass is 322 g/mol. The average Bonchev–Trinajstić information content (AvgIpc) is 3.19. The molecule has 1 fully saturated rings. The van der Waals surface area contributed by atoms with Crippen molar-refractivity contribution in [2.24, 2.45) is 0 Å². The van der Waals surface area contributed by atoms with Crippen LogP contribution in [-0.4, -0.2) is 29.5 Å². The first-order valence-corrected chi connectivity index (χ1v) is 9.56. The Morgan fingerprint density at radius 2 is 2.00 bits per heavy atom. The topological polar surface area (TPSA) is 50.3 Å². The molecule has 0 radical (unpaired) electrons. The smallest absolute Gasteiger partial charge is 0.215 e. The van der Waals surface area contributed by atoms with Gasteiger partial charge in [0.2, 0.25) is 10.0 Å². The van der Waals surface area contributed by atoms with Crippen LogP contribution >= 0.6 is 11.3 Å². The predicted octanol–water partition coefficient (Wildman–Crippen LogP) is 2.68. The lowest BCUT2D eigenvalue weighted by molar-refractivity contribution is 0.398. The normalized spacial score (nSPS) is 15.5. The van der Waals surface area contributed by atoms with E-state index in [-0.39, 0.29) is 11.8 Å². The summed E-state index contributed by atoms with van der Waals surface area (Å²) in [6, 6.07) is 9.94. The van der Waals surface area contributed by atoms with E-state index in [2.05, 4.69) is 4.98 Å². The standard InChI is InChI=1S/C15H18N2O2S2/c18-21(19,11-8-13-4-2-1-3-5-13)17(14-6-7-14)12-15-16-9-10-20-15/h1-5,9-10,14H,6-8,11-12H2. The molecule has 1 aromatic carbocycles. The molecule has 0 aliphatic heterocycles. The number of aryl methyl sites for hydroxylation is 1. The number of nitrogens with zero attached hydrogens (tertiary/aromatic N) is 2. The van der Waals surface area contributed by atoms with E-state index in [0.717, 1.165) is 23.4 Å². The second-order valence-corrected chi connectivity index (χ2v) is 8.27. The van der Waals surface area contributed by atoms with Crippen LogP contribution in [0.15, 0.2) is 41.9 Å². The maximum Gasteiger partial charge on any atom is 0.215 e. The van der Waals surface area contributed by atoms with Gasteiger partial charge in [-0.15, -0.1) is 11.3 Å². The number of hydrogen-bond donors (Lipinski definition) is 0. The minimum atomic E-state index is -3.23. The quantitative estimate of drug-likeness (QED) is 0.787. The van der Waals surface area contributed by atoms with Crippen molar-refractivity contribution in [3.8, 4) is 0 Å². The number of aromatic nitrogens is 1. The molecule has 1 saturated carbocycles. The minimum Gasteiger partial charge on any atom is -0.248 e. The van der Waals surface area contributed by atoms with Crippen LogP contribution in [0.25, 0.3) is 0 Å². The first-order chi connectivity index (χ1) is 10.1. The number of thiazole rings is 1. The maximum atomic E-state index is 12.6. The summed E-state index contributed by atoms with van der Waals surface area (Å²) in [6.45, 7) is 0.416. The van der Waals surface area contributed by atoms with Crippen molar-refractivity contribution in [2.75, 3.05) is 5.75 Å². The summed E-state index contributed by atoms with van der Waals surface area (Å²) in [4.78, 5) is 4.21. The first kappa shape index (κ1) is 14.7. The van der Waals surface area contributed by atoms with E-state index in [9.17, 15) is 8.42 Å². The molecule has 0 amide bonds. The van der Waals surface area contributed by atoms with Crippen molar-refractivity contribution in [1.82, 2.24) is 9.29 Å². The molecule has 112 valence electrons. The highest BCUT2D eigenvalue weighted by Gasteiger charge is 2.37. The number of benzene rings is 1. The summed E-state index contributed by atoms with van der Waals surface area (Å²) in [5, 5.41) is 2.75. The van der Waals surface area contributed by atoms with Crippen molar-refractivity contribution in [2.45, 2.75) is 31.8 Å². The SMILES string of the molecule is O=S(=O)(CCc1ccccc1)N(Cc1nccs1)C1CC1. The van der Waals surface area contributed by atoms with Crippen LogP contribution in [0.5, 0.6) is 0 Å². The van der Waals surface area contributed by atoms with Gasteiger partial charge in [0.05, 0.1) is 12.3 Å². The lowest BCUT2D eigenvalue weighted by atomic mass is 10.2. The van der Waals surface area contributed by atoms with E-state index >= 15 is 0 Å². The molecular formula is C15H18N2O2S2. The Hall–Kier alpha value is -1.24. The minimum absolute atomic E-state index is 0.166. The van der Waals surface area contributed by atoms with Gasteiger partial charge in [-0.25, -0.2) is 13.4 Å². The second kappa shape index (κ2) is 6.25. The van der Waals surface area contributed by atoms with Crippen molar-refractivity contribution in [3.05, 3.63) is 52.5 Å². The molecule has 1 aliphatic rings. The molecule has 2 aromatic rings. The largest absolute Gasteiger partial charge is 0.248 e. The molecular weight excluding hydrogens is 304 g/mol. The third-order valence-corrected chi connectivity index (χ3v) is 6.20. The lowest BCUT2D eigenvalue weighted by Crippen LogP contribution is -2.35. The molecule has 1 aliphatic carbocycles.